The minimum absolute atomic E-state index is 0.0814. The molecule has 0 unspecified atom stereocenters. The highest BCUT2D eigenvalue weighted by atomic mass is 16.5. The fraction of sp³-hybridized carbons (Fsp3) is 0.308. The van der Waals surface area contributed by atoms with Crippen molar-refractivity contribution in [2.75, 3.05) is 12.8 Å². The Morgan fingerprint density at radius 2 is 2.24 bits per heavy atom. The monoisotopic (exact) mass is 230 g/mol. The van der Waals surface area contributed by atoms with Crippen molar-refractivity contribution in [3.05, 3.63) is 36.0 Å². The number of nitrogens with two attached hydrogens (primary N) is 1. The lowest BCUT2D eigenvalue weighted by Crippen LogP contribution is -2.08. The summed E-state index contributed by atoms with van der Waals surface area (Å²) in [7, 11) is 1.76. The quantitative estimate of drug-likeness (QED) is 0.880. The average Bonchev–Trinajstić information content (AvgIpc) is 3.06. The second-order valence-corrected chi connectivity index (χ2v) is 4.38. The Balaban J connectivity index is 2.03. The Morgan fingerprint density at radius 3 is 2.82 bits per heavy atom. The lowest BCUT2D eigenvalue weighted by atomic mass is 10.0. The van der Waals surface area contributed by atoms with Crippen LogP contribution < -0.4 is 5.73 Å². The Labute approximate surface area is 99.4 Å². The van der Waals surface area contributed by atoms with Gasteiger partial charge in [-0.15, -0.1) is 0 Å². The van der Waals surface area contributed by atoms with E-state index < -0.39 is 0 Å². The largest absolute Gasteiger partial charge is 0.374 e. The van der Waals surface area contributed by atoms with Crippen molar-refractivity contribution >= 4 is 5.88 Å². The highest BCUT2D eigenvalue weighted by Gasteiger charge is 2.44. The predicted molar refractivity (Wildman–Crippen MR) is 64.3 cm³/mol. The van der Waals surface area contributed by atoms with Crippen LogP contribution in [0.2, 0.25) is 0 Å². The van der Waals surface area contributed by atoms with E-state index in [4.69, 9.17) is 15.0 Å². The summed E-state index contributed by atoms with van der Waals surface area (Å²) in [5.74, 6) is 0.351. The summed E-state index contributed by atoms with van der Waals surface area (Å²) in [6.07, 6.45) is 3.79. The number of methoxy groups -OCH3 is 1. The molecule has 2 N–H and O–H groups in total. The van der Waals surface area contributed by atoms with Gasteiger partial charge in [-0.05, 0) is 30.0 Å². The molecule has 3 rings (SSSR count). The molecule has 1 aliphatic rings. The fourth-order valence-electron chi connectivity index (χ4n) is 2.16. The van der Waals surface area contributed by atoms with E-state index in [-0.39, 0.29) is 5.60 Å². The molecule has 2 aromatic rings. The van der Waals surface area contributed by atoms with Crippen LogP contribution in [0.15, 0.2) is 35.0 Å². The highest BCUT2D eigenvalue weighted by molar-refractivity contribution is 5.72. The minimum atomic E-state index is -0.0814. The van der Waals surface area contributed by atoms with Gasteiger partial charge in [-0.25, -0.2) is 0 Å². The van der Waals surface area contributed by atoms with Gasteiger partial charge >= 0.3 is 0 Å². The lowest BCUT2D eigenvalue weighted by molar-refractivity contribution is 0.0789. The number of benzene rings is 1. The third-order valence-electron chi connectivity index (χ3n) is 3.39. The van der Waals surface area contributed by atoms with Crippen molar-refractivity contribution in [2.24, 2.45) is 0 Å². The molecule has 0 amide bonds. The maximum absolute atomic E-state index is 5.72. The number of anilines is 1. The van der Waals surface area contributed by atoms with E-state index in [2.05, 4.69) is 17.3 Å². The molecule has 4 heteroatoms. The van der Waals surface area contributed by atoms with Gasteiger partial charge in [-0.1, -0.05) is 23.4 Å². The molecule has 1 saturated carbocycles. The van der Waals surface area contributed by atoms with Crippen LogP contribution in [0.4, 0.5) is 5.88 Å². The molecular formula is C13H14N2O2. The zero-order valence-electron chi connectivity index (χ0n) is 9.64. The molecule has 0 radical (unpaired) electrons. The van der Waals surface area contributed by atoms with Gasteiger partial charge in [0.15, 0.2) is 0 Å². The summed E-state index contributed by atoms with van der Waals surface area (Å²) < 4.78 is 10.4. The average molecular weight is 230 g/mol. The van der Waals surface area contributed by atoms with Crippen LogP contribution in [0.1, 0.15) is 18.4 Å². The minimum Gasteiger partial charge on any atom is -0.374 e. The van der Waals surface area contributed by atoms with E-state index in [1.807, 2.05) is 12.1 Å². The second-order valence-electron chi connectivity index (χ2n) is 4.38. The van der Waals surface area contributed by atoms with Crippen molar-refractivity contribution in [1.29, 1.82) is 0 Å². The summed E-state index contributed by atoms with van der Waals surface area (Å²) in [5.41, 5.74) is 8.68. The predicted octanol–water partition coefficient (Wildman–Crippen LogP) is 2.56. The summed E-state index contributed by atoms with van der Waals surface area (Å²) in [6, 6.07) is 8.19. The van der Waals surface area contributed by atoms with Gasteiger partial charge in [0.1, 0.15) is 0 Å². The van der Waals surface area contributed by atoms with Crippen LogP contribution in [-0.4, -0.2) is 12.3 Å². The molecule has 1 aliphatic carbocycles. The van der Waals surface area contributed by atoms with E-state index in [9.17, 15) is 0 Å². The zero-order valence-corrected chi connectivity index (χ0v) is 9.64. The van der Waals surface area contributed by atoms with Gasteiger partial charge in [0.2, 0.25) is 5.88 Å². The Morgan fingerprint density at radius 1 is 1.41 bits per heavy atom. The first-order chi connectivity index (χ1) is 8.25. The van der Waals surface area contributed by atoms with E-state index in [1.54, 1.807) is 13.3 Å². The van der Waals surface area contributed by atoms with Crippen molar-refractivity contribution in [2.45, 2.75) is 18.4 Å². The Kier molecular flexibility index (Phi) is 2.19. The molecule has 1 heterocycles. The smallest absolute Gasteiger partial charge is 0.229 e. The molecule has 17 heavy (non-hydrogen) atoms. The lowest BCUT2D eigenvalue weighted by Gasteiger charge is -2.14. The van der Waals surface area contributed by atoms with Gasteiger partial charge < -0.3 is 15.0 Å². The van der Waals surface area contributed by atoms with Crippen molar-refractivity contribution in [3.63, 3.8) is 0 Å². The number of nitrogen functional groups attached to an aromatic ring is 1. The summed E-state index contributed by atoms with van der Waals surface area (Å²) in [6.45, 7) is 0. The third kappa shape index (κ3) is 1.61. The maximum Gasteiger partial charge on any atom is 0.229 e. The van der Waals surface area contributed by atoms with Crippen molar-refractivity contribution < 1.29 is 9.26 Å². The van der Waals surface area contributed by atoms with E-state index >= 15 is 0 Å². The van der Waals surface area contributed by atoms with Crippen LogP contribution >= 0.6 is 0 Å². The van der Waals surface area contributed by atoms with E-state index in [0.29, 0.717) is 5.88 Å². The molecule has 1 aromatic carbocycles. The van der Waals surface area contributed by atoms with Crippen molar-refractivity contribution in [3.8, 4) is 11.1 Å². The number of hydrogen-bond donors (Lipinski definition) is 1. The zero-order chi connectivity index (χ0) is 11.9. The third-order valence-corrected chi connectivity index (χ3v) is 3.39. The fourth-order valence-corrected chi connectivity index (χ4v) is 2.16. The van der Waals surface area contributed by atoms with Crippen LogP contribution in [0.5, 0.6) is 0 Å². The topological polar surface area (TPSA) is 61.3 Å². The standard InChI is InChI=1S/C13H14N2O2/c1-16-13(5-6-13)10-4-2-3-9(7-10)11-8-15-17-12(11)14/h2-4,7-8H,5-6,14H2,1H3. The molecule has 0 spiro atoms. The Hall–Kier alpha value is -1.81. The second kappa shape index (κ2) is 3.60. The summed E-state index contributed by atoms with van der Waals surface area (Å²) in [5, 5.41) is 3.69. The van der Waals surface area contributed by atoms with Gasteiger partial charge in [-0.3, -0.25) is 0 Å². The SMILES string of the molecule is COC1(c2cccc(-c3cnoc3N)c2)CC1. The molecule has 1 fully saturated rings. The van der Waals surface area contributed by atoms with Gasteiger partial charge in [0.05, 0.1) is 17.4 Å². The molecule has 0 bridgehead atoms. The number of ether oxygens (including phenoxy) is 1. The molecule has 4 nitrogen and oxygen atoms in total. The van der Waals surface area contributed by atoms with Crippen LogP contribution in [0.25, 0.3) is 11.1 Å². The number of nitrogens with zero attached hydrogens (tertiary/aromatic N) is 1. The van der Waals surface area contributed by atoms with Gasteiger partial charge in [0.25, 0.3) is 0 Å². The first-order valence-corrected chi connectivity index (χ1v) is 5.61. The molecule has 0 saturated heterocycles. The molecular weight excluding hydrogens is 216 g/mol. The highest BCUT2D eigenvalue weighted by Crippen LogP contribution is 2.49. The van der Waals surface area contributed by atoms with Gasteiger partial charge in [0, 0.05) is 7.11 Å². The van der Waals surface area contributed by atoms with Crippen LogP contribution in [0.3, 0.4) is 0 Å². The van der Waals surface area contributed by atoms with Gasteiger partial charge in [-0.2, -0.15) is 0 Å². The maximum atomic E-state index is 5.72. The number of rotatable bonds is 3. The van der Waals surface area contributed by atoms with Crippen LogP contribution in [0, 0.1) is 0 Å². The van der Waals surface area contributed by atoms with Crippen LogP contribution in [-0.2, 0) is 10.3 Å². The first kappa shape index (κ1) is 10.4. The van der Waals surface area contributed by atoms with E-state index in [1.165, 1.54) is 5.56 Å². The number of aromatic nitrogens is 1. The van der Waals surface area contributed by atoms with E-state index in [0.717, 1.165) is 24.0 Å². The van der Waals surface area contributed by atoms with Crippen molar-refractivity contribution in [1.82, 2.24) is 5.16 Å². The number of hydrogen-bond acceptors (Lipinski definition) is 4. The summed E-state index contributed by atoms with van der Waals surface area (Å²) >= 11 is 0. The molecule has 1 aromatic heterocycles. The molecule has 0 aliphatic heterocycles. The first-order valence-electron chi connectivity index (χ1n) is 5.61. The normalized spacial score (nSPS) is 17.0. The molecule has 88 valence electrons. The Bertz CT molecular complexity index is 544. The summed E-state index contributed by atoms with van der Waals surface area (Å²) in [4.78, 5) is 0. The molecule has 0 atom stereocenters.